The fourth-order valence-electron chi connectivity index (χ4n) is 4.29. The number of hydrogen-bond donors (Lipinski definition) is 0. The van der Waals surface area contributed by atoms with E-state index in [9.17, 15) is 4.79 Å². The maximum Gasteiger partial charge on any atom is 0.282 e. The van der Waals surface area contributed by atoms with Crippen LogP contribution in [0.3, 0.4) is 0 Å². The van der Waals surface area contributed by atoms with E-state index in [0.717, 1.165) is 22.4 Å². The number of para-hydroxylation sites is 1. The van der Waals surface area contributed by atoms with Gasteiger partial charge in [-0.25, -0.2) is 4.98 Å². The third-order valence-corrected chi connectivity index (χ3v) is 7.68. The second-order valence-corrected chi connectivity index (χ2v) is 10.8. The molecule has 1 aromatic heterocycles. The van der Waals surface area contributed by atoms with Crippen molar-refractivity contribution in [1.82, 2.24) is 9.66 Å². The van der Waals surface area contributed by atoms with Gasteiger partial charge in [-0.05, 0) is 84.1 Å². The fraction of sp³-hybridized carbons (Fsp3) is 0.300. The van der Waals surface area contributed by atoms with E-state index in [1.54, 1.807) is 32.6 Å². The molecule has 7 nitrogen and oxygen atoms in total. The highest BCUT2D eigenvalue weighted by atomic mass is 79.9. The maximum atomic E-state index is 13.7. The van der Waals surface area contributed by atoms with Crippen molar-refractivity contribution in [3.05, 3.63) is 79.0 Å². The Bertz CT molecular complexity index is 1630. The first kappa shape index (κ1) is 28.6. The molecule has 0 aliphatic carbocycles. The Balaban J connectivity index is 1.97. The number of methoxy groups -OCH3 is 2. The third-order valence-electron chi connectivity index (χ3n) is 6.24. The van der Waals surface area contributed by atoms with E-state index >= 15 is 0 Å². The Morgan fingerprint density at radius 1 is 1.05 bits per heavy atom. The van der Waals surface area contributed by atoms with Crippen LogP contribution in [0.1, 0.15) is 50.3 Å². The Morgan fingerprint density at radius 3 is 2.38 bits per heavy atom. The van der Waals surface area contributed by atoms with Crippen LogP contribution in [0.2, 0.25) is 5.02 Å². The van der Waals surface area contributed by atoms with Crippen LogP contribution in [0.15, 0.2) is 56.8 Å². The van der Waals surface area contributed by atoms with Gasteiger partial charge in [0.25, 0.3) is 5.56 Å². The van der Waals surface area contributed by atoms with E-state index in [-0.39, 0.29) is 17.6 Å². The molecular formula is C30H31BrClN3O4. The summed E-state index contributed by atoms with van der Waals surface area (Å²) in [7, 11) is 3.20. The smallest absolute Gasteiger partial charge is 0.282 e. The number of nitrogens with zero attached hydrogens (tertiary/aromatic N) is 3. The van der Waals surface area contributed by atoms with Crippen LogP contribution in [0, 0.1) is 6.92 Å². The van der Waals surface area contributed by atoms with Gasteiger partial charge in [0, 0.05) is 15.6 Å². The van der Waals surface area contributed by atoms with Crippen LogP contribution in [0.4, 0.5) is 0 Å². The van der Waals surface area contributed by atoms with Crippen LogP contribution in [0.25, 0.3) is 22.3 Å². The van der Waals surface area contributed by atoms with Crippen molar-refractivity contribution in [2.24, 2.45) is 5.10 Å². The van der Waals surface area contributed by atoms with E-state index in [2.05, 4.69) is 34.9 Å². The molecule has 4 aromatic rings. The SMILES string of the molecule is COc1cc(C)c(-c2nc3ccccc3c(=O)n2N=Cc2cc(OC)c(OC(C)C)c(Cl)c2Br)cc1C(C)C. The Kier molecular flexibility index (Phi) is 8.67. The van der Waals surface area contributed by atoms with Crippen LogP contribution >= 0.6 is 27.5 Å². The van der Waals surface area contributed by atoms with E-state index in [1.165, 1.54) is 4.68 Å². The quantitative estimate of drug-likeness (QED) is 0.192. The molecule has 0 bridgehead atoms. The number of ether oxygens (including phenoxy) is 3. The first-order valence-corrected chi connectivity index (χ1v) is 13.7. The molecule has 0 radical (unpaired) electrons. The minimum absolute atomic E-state index is 0.101. The Hall–Kier alpha value is -3.36. The molecule has 0 spiro atoms. The third kappa shape index (κ3) is 5.68. The summed E-state index contributed by atoms with van der Waals surface area (Å²) in [4.78, 5) is 18.6. The molecule has 39 heavy (non-hydrogen) atoms. The topological polar surface area (TPSA) is 74.9 Å². The van der Waals surface area contributed by atoms with Crippen LogP contribution in [-0.2, 0) is 0 Å². The van der Waals surface area contributed by atoms with Crippen molar-refractivity contribution in [2.75, 3.05) is 14.2 Å². The number of fused-ring (bicyclic) bond motifs is 1. The number of halogens is 2. The minimum Gasteiger partial charge on any atom is -0.496 e. The summed E-state index contributed by atoms with van der Waals surface area (Å²) < 4.78 is 18.9. The van der Waals surface area contributed by atoms with Gasteiger partial charge in [0.1, 0.15) is 10.8 Å². The van der Waals surface area contributed by atoms with E-state index < -0.39 is 0 Å². The average molecular weight is 613 g/mol. The zero-order valence-electron chi connectivity index (χ0n) is 23.0. The van der Waals surface area contributed by atoms with Gasteiger partial charge in [-0.15, -0.1) is 0 Å². The molecule has 0 amide bonds. The van der Waals surface area contributed by atoms with Gasteiger partial charge in [0.2, 0.25) is 0 Å². The largest absolute Gasteiger partial charge is 0.496 e. The standard InChI is InChI=1S/C30H31BrClN3O4/c1-16(2)21-14-22(18(5)12-24(21)37-6)29-34-23-11-9-8-10-20(23)30(36)35(29)33-15-19-13-25(38-7)28(39-17(3)4)27(32)26(19)31/h8-17H,1-7H3. The monoisotopic (exact) mass is 611 g/mol. The van der Waals surface area contributed by atoms with Crippen LogP contribution in [0.5, 0.6) is 17.2 Å². The second-order valence-electron chi connectivity index (χ2n) is 9.67. The van der Waals surface area contributed by atoms with Gasteiger partial charge in [-0.1, -0.05) is 37.6 Å². The highest BCUT2D eigenvalue weighted by molar-refractivity contribution is 9.10. The first-order chi connectivity index (χ1) is 18.6. The van der Waals surface area contributed by atoms with Gasteiger partial charge in [0.15, 0.2) is 17.3 Å². The molecule has 0 N–H and O–H groups in total. The number of rotatable bonds is 8. The van der Waals surface area contributed by atoms with Gasteiger partial charge in [-0.3, -0.25) is 4.79 Å². The van der Waals surface area contributed by atoms with E-state index in [1.807, 2.05) is 51.1 Å². The highest BCUT2D eigenvalue weighted by Crippen LogP contribution is 2.42. The van der Waals surface area contributed by atoms with Crippen molar-refractivity contribution in [2.45, 2.75) is 46.6 Å². The van der Waals surface area contributed by atoms with Crippen LogP contribution in [-0.4, -0.2) is 36.2 Å². The van der Waals surface area contributed by atoms with Crippen molar-refractivity contribution in [3.8, 4) is 28.6 Å². The van der Waals surface area contributed by atoms with Crippen LogP contribution < -0.4 is 19.8 Å². The van der Waals surface area contributed by atoms with Crippen molar-refractivity contribution in [3.63, 3.8) is 0 Å². The number of aromatic nitrogens is 2. The Morgan fingerprint density at radius 2 is 1.74 bits per heavy atom. The Labute approximate surface area is 241 Å². The lowest BCUT2D eigenvalue weighted by molar-refractivity contribution is 0.230. The average Bonchev–Trinajstić information content (AvgIpc) is 2.91. The summed E-state index contributed by atoms with van der Waals surface area (Å²) in [5, 5.41) is 5.44. The van der Waals surface area contributed by atoms with Crippen molar-refractivity contribution in [1.29, 1.82) is 0 Å². The summed E-state index contributed by atoms with van der Waals surface area (Å²) in [6, 6.07) is 13.0. The van der Waals surface area contributed by atoms with Crippen molar-refractivity contribution < 1.29 is 14.2 Å². The molecule has 0 atom stereocenters. The van der Waals surface area contributed by atoms with Gasteiger partial charge in [0.05, 0.1) is 37.4 Å². The minimum atomic E-state index is -0.290. The van der Waals surface area contributed by atoms with Gasteiger partial charge < -0.3 is 14.2 Å². The molecule has 0 saturated heterocycles. The molecule has 0 aliphatic heterocycles. The molecular weight excluding hydrogens is 582 g/mol. The summed E-state index contributed by atoms with van der Waals surface area (Å²) in [5.74, 6) is 2.29. The molecule has 1 heterocycles. The lowest BCUT2D eigenvalue weighted by Crippen LogP contribution is -2.21. The molecule has 0 saturated carbocycles. The second kappa shape index (κ2) is 11.8. The van der Waals surface area contributed by atoms with E-state index in [0.29, 0.717) is 43.3 Å². The molecule has 0 aliphatic rings. The molecule has 0 unspecified atom stereocenters. The molecule has 3 aromatic carbocycles. The van der Waals surface area contributed by atoms with Crippen molar-refractivity contribution >= 4 is 44.6 Å². The number of hydrogen-bond acceptors (Lipinski definition) is 6. The number of benzene rings is 3. The summed E-state index contributed by atoms with van der Waals surface area (Å²) in [5.41, 5.74) is 3.61. The summed E-state index contributed by atoms with van der Waals surface area (Å²) in [6.07, 6.45) is 1.46. The lowest BCUT2D eigenvalue weighted by atomic mass is 9.96. The summed E-state index contributed by atoms with van der Waals surface area (Å²) >= 11 is 10.2. The van der Waals surface area contributed by atoms with E-state index in [4.69, 9.17) is 30.8 Å². The molecule has 204 valence electrons. The maximum absolute atomic E-state index is 13.7. The highest BCUT2D eigenvalue weighted by Gasteiger charge is 2.20. The van der Waals surface area contributed by atoms with Gasteiger partial charge in [-0.2, -0.15) is 9.78 Å². The molecule has 9 heteroatoms. The predicted octanol–water partition coefficient (Wildman–Crippen LogP) is 7.60. The molecule has 4 rings (SSSR count). The predicted molar refractivity (Wildman–Crippen MR) is 161 cm³/mol. The first-order valence-electron chi connectivity index (χ1n) is 12.5. The lowest BCUT2D eigenvalue weighted by Gasteiger charge is -2.18. The number of aryl methyl sites for hydroxylation is 1. The zero-order valence-corrected chi connectivity index (χ0v) is 25.3. The fourth-order valence-corrected chi connectivity index (χ4v) is 4.93. The molecule has 0 fully saturated rings. The van der Waals surface area contributed by atoms with Gasteiger partial charge >= 0.3 is 0 Å². The summed E-state index contributed by atoms with van der Waals surface area (Å²) in [6.45, 7) is 9.97. The normalized spacial score (nSPS) is 11.7. The zero-order chi connectivity index (χ0) is 28.4.